The number of nitrogens with zero attached hydrogens (tertiary/aromatic N) is 3. The van der Waals surface area contributed by atoms with Crippen molar-refractivity contribution >= 4 is 10.9 Å². The summed E-state index contributed by atoms with van der Waals surface area (Å²) >= 11 is 0. The summed E-state index contributed by atoms with van der Waals surface area (Å²) in [6, 6.07) is 8.54. The van der Waals surface area contributed by atoms with Crippen molar-refractivity contribution in [3.63, 3.8) is 0 Å². The molecule has 1 aromatic carbocycles. The van der Waals surface area contributed by atoms with E-state index in [1.165, 1.54) is 22.2 Å². The average Bonchev–Trinajstić information content (AvgIpc) is 2.97. The third-order valence-corrected chi connectivity index (χ3v) is 3.49. The van der Waals surface area contributed by atoms with Crippen molar-refractivity contribution < 1.29 is 0 Å². The lowest BCUT2D eigenvalue weighted by atomic mass is 10.2. The zero-order valence-electron chi connectivity index (χ0n) is 11.3. The van der Waals surface area contributed by atoms with Crippen LogP contribution in [-0.2, 0) is 20.1 Å². The molecule has 19 heavy (non-hydrogen) atoms. The molecule has 0 unspecified atom stereocenters. The highest BCUT2D eigenvalue weighted by Crippen LogP contribution is 2.22. The number of benzene rings is 1. The van der Waals surface area contributed by atoms with Crippen LogP contribution in [0.25, 0.3) is 10.9 Å². The lowest BCUT2D eigenvalue weighted by Gasteiger charge is -2.05. The molecule has 0 saturated carbocycles. The Bertz CT molecular complexity index is 693. The lowest BCUT2D eigenvalue weighted by Crippen LogP contribution is -2.05. The number of nitrogens with one attached hydrogen (secondary N) is 1. The molecule has 1 N–H and O–H groups in total. The van der Waals surface area contributed by atoms with E-state index in [-0.39, 0.29) is 0 Å². The van der Waals surface area contributed by atoms with Crippen molar-refractivity contribution in [1.29, 1.82) is 0 Å². The molecule has 2 heterocycles. The first kappa shape index (κ1) is 12.0. The van der Waals surface area contributed by atoms with E-state index in [0.29, 0.717) is 0 Å². The molecule has 4 heteroatoms. The molecular formula is C15H18N4. The minimum Gasteiger partial charge on any atom is -0.341 e. The first-order chi connectivity index (χ1) is 9.29. The quantitative estimate of drug-likeness (QED) is 0.774. The summed E-state index contributed by atoms with van der Waals surface area (Å²) < 4.78 is 4.35. The molecule has 0 spiro atoms. The van der Waals surface area contributed by atoms with Gasteiger partial charge in [0.05, 0.1) is 18.6 Å². The van der Waals surface area contributed by atoms with Gasteiger partial charge < -0.3 is 14.5 Å². The minimum absolute atomic E-state index is 0.848. The fourth-order valence-corrected chi connectivity index (χ4v) is 2.50. The fraction of sp³-hybridized carbons (Fsp3) is 0.267. The molecule has 0 fully saturated rings. The van der Waals surface area contributed by atoms with Crippen LogP contribution in [-0.4, -0.2) is 21.2 Å². The Morgan fingerprint density at radius 2 is 2.11 bits per heavy atom. The maximum Gasteiger partial charge on any atom is 0.0946 e. The smallest absolute Gasteiger partial charge is 0.0946 e. The number of para-hydroxylation sites is 1. The molecule has 0 radical (unpaired) electrons. The summed E-state index contributed by atoms with van der Waals surface area (Å²) in [4.78, 5) is 4.18. The third kappa shape index (κ3) is 2.15. The highest BCUT2D eigenvalue weighted by atomic mass is 15.1. The number of rotatable bonds is 4. The third-order valence-electron chi connectivity index (χ3n) is 3.49. The van der Waals surface area contributed by atoms with Crippen molar-refractivity contribution in [1.82, 2.24) is 19.4 Å². The van der Waals surface area contributed by atoms with Gasteiger partial charge in [-0.05, 0) is 18.7 Å². The highest BCUT2D eigenvalue weighted by Gasteiger charge is 2.08. The van der Waals surface area contributed by atoms with Gasteiger partial charge in [0, 0.05) is 36.9 Å². The van der Waals surface area contributed by atoms with Crippen LogP contribution < -0.4 is 5.32 Å². The van der Waals surface area contributed by atoms with Crippen LogP contribution in [0.1, 0.15) is 11.3 Å². The summed E-state index contributed by atoms with van der Waals surface area (Å²) in [5.74, 6) is 0. The highest BCUT2D eigenvalue weighted by molar-refractivity contribution is 5.84. The van der Waals surface area contributed by atoms with Crippen molar-refractivity contribution in [3.8, 4) is 0 Å². The summed E-state index contributed by atoms with van der Waals surface area (Å²) in [5.41, 5.74) is 3.81. The van der Waals surface area contributed by atoms with Gasteiger partial charge in [-0.1, -0.05) is 18.2 Å². The predicted molar refractivity (Wildman–Crippen MR) is 77.0 cm³/mol. The minimum atomic E-state index is 0.848. The number of aromatic nitrogens is 3. The van der Waals surface area contributed by atoms with Gasteiger partial charge in [0.25, 0.3) is 0 Å². The van der Waals surface area contributed by atoms with Crippen molar-refractivity contribution in [3.05, 3.63) is 54.2 Å². The van der Waals surface area contributed by atoms with Crippen LogP contribution in [0.4, 0.5) is 0 Å². The summed E-state index contributed by atoms with van der Waals surface area (Å²) in [5, 5.41) is 4.55. The summed E-state index contributed by atoms with van der Waals surface area (Å²) in [6.07, 6.45) is 6.00. The van der Waals surface area contributed by atoms with Crippen LogP contribution in [0.5, 0.6) is 0 Å². The zero-order chi connectivity index (χ0) is 13.2. The van der Waals surface area contributed by atoms with Crippen LogP contribution in [0, 0.1) is 0 Å². The first-order valence-corrected chi connectivity index (χ1v) is 6.46. The monoisotopic (exact) mass is 254 g/mol. The number of aryl methyl sites for hydroxylation is 1. The second kappa shape index (κ2) is 4.90. The van der Waals surface area contributed by atoms with E-state index in [4.69, 9.17) is 0 Å². The molecule has 2 aromatic heterocycles. The van der Waals surface area contributed by atoms with Gasteiger partial charge in [-0.25, -0.2) is 4.98 Å². The normalized spacial score (nSPS) is 11.3. The van der Waals surface area contributed by atoms with Crippen molar-refractivity contribution in [2.75, 3.05) is 7.05 Å². The van der Waals surface area contributed by atoms with Crippen molar-refractivity contribution in [2.24, 2.45) is 7.05 Å². The predicted octanol–water partition coefficient (Wildman–Crippen LogP) is 2.14. The number of fused-ring (bicyclic) bond motifs is 1. The Hall–Kier alpha value is -2.07. The maximum absolute atomic E-state index is 4.18. The topological polar surface area (TPSA) is 34.8 Å². The molecule has 0 saturated heterocycles. The number of hydrogen-bond acceptors (Lipinski definition) is 2. The van der Waals surface area contributed by atoms with Crippen molar-refractivity contribution in [2.45, 2.75) is 13.1 Å². The van der Waals surface area contributed by atoms with Gasteiger partial charge in [-0.2, -0.15) is 0 Å². The molecule has 0 aliphatic carbocycles. The van der Waals surface area contributed by atoms with Crippen LogP contribution >= 0.6 is 0 Å². The van der Waals surface area contributed by atoms with Gasteiger partial charge in [-0.3, -0.25) is 0 Å². The number of imidazole rings is 1. The van der Waals surface area contributed by atoms with Gasteiger partial charge in [-0.15, -0.1) is 0 Å². The maximum atomic E-state index is 4.18. The SMILES string of the molecule is CNCc1cn(Cc2cncn2C)c2ccccc12. The van der Waals surface area contributed by atoms with E-state index in [1.54, 1.807) is 0 Å². The second-order valence-electron chi connectivity index (χ2n) is 4.83. The molecule has 0 bridgehead atoms. The Morgan fingerprint density at radius 1 is 1.26 bits per heavy atom. The van der Waals surface area contributed by atoms with E-state index in [0.717, 1.165) is 13.1 Å². The van der Waals surface area contributed by atoms with Crippen LogP contribution in [0.2, 0.25) is 0 Å². The Morgan fingerprint density at radius 3 is 2.84 bits per heavy atom. The van der Waals surface area contributed by atoms with Gasteiger partial charge >= 0.3 is 0 Å². The largest absolute Gasteiger partial charge is 0.341 e. The van der Waals surface area contributed by atoms with E-state index in [9.17, 15) is 0 Å². The van der Waals surface area contributed by atoms with Gasteiger partial charge in [0.15, 0.2) is 0 Å². The lowest BCUT2D eigenvalue weighted by molar-refractivity contribution is 0.736. The molecule has 98 valence electrons. The van der Waals surface area contributed by atoms with Crippen LogP contribution in [0.15, 0.2) is 43.0 Å². The summed E-state index contributed by atoms with van der Waals surface area (Å²) in [7, 11) is 4.01. The molecule has 0 amide bonds. The Labute approximate surface area is 112 Å². The molecule has 4 nitrogen and oxygen atoms in total. The molecule has 0 atom stereocenters. The molecular weight excluding hydrogens is 236 g/mol. The Balaban J connectivity index is 2.06. The van der Waals surface area contributed by atoms with E-state index >= 15 is 0 Å². The van der Waals surface area contributed by atoms with E-state index in [1.807, 2.05) is 26.6 Å². The van der Waals surface area contributed by atoms with Gasteiger partial charge in [0.2, 0.25) is 0 Å². The average molecular weight is 254 g/mol. The molecule has 3 aromatic rings. The van der Waals surface area contributed by atoms with E-state index < -0.39 is 0 Å². The van der Waals surface area contributed by atoms with Gasteiger partial charge in [0.1, 0.15) is 0 Å². The van der Waals surface area contributed by atoms with Crippen LogP contribution in [0.3, 0.4) is 0 Å². The Kier molecular flexibility index (Phi) is 3.09. The molecule has 0 aliphatic heterocycles. The second-order valence-corrected chi connectivity index (χ2v) is 4.83. The zero-order valence-corrected chi connectivity index (χ0v) is 11.3. The number of hydrogen-bond donors (Lipinski definition) is 1. The fourth-order valence-electron chi connectivity index (χ4n) is 2.50. The first-order valence-electron chi connectivity index (χ1n) is 6.46. The van der Waals surface area contributed by atoms with E-state index in [2.05, 4.69) is 49.9 Å². The molecule has 3 rings (SSSR count). The summed E-state index contributed by atoms with van der Waals surface area (Å²) in [6.45, 7) is 1.74. The standard InChI is InChI=1S/C15H18N4/c1-16-7-12-9-19(10-13-8-17-11-18(13)2)15-6-4-3-5-14(12)15/h3-6,8-9,11,16H,7,10H2,1-2H3. The molecule has 0 aliphatic rings.